The number of halogens is 3. The molecule has 0 amide bonds. The summed E-state index contributed by atoms with van der Waals surface area (Å²) in [7, 11) is 0. The van der Waals surface area contributed by atoms with Crippen LogP contribution in [0.4, 0.5) is 13.2 Å². The number of hydrogen-bond acceptors (Lipinski definition) is 1. The minimum Gasteiger partial charge on any atom is -0.310 e. The van der Waals surface area contributed by atoms with Gasteiger partial charge in [-0.2, -0.15) is 13.2 Å². The maximum atomic E-state index is 12.7. The van der Waals surface area contributed by atoms with Gasteiger partial charge in [0.2, 0.25) is 0 Å². The molecule has 0 spiro atoms. The van der Waals surface area contributed by atoms with E-state index in [1.165, 1.54) is 5.56 Å². The summed E-state index contributed by atoms with van der Waals surface area (Å²) in [6, 6.07) is 8.05. The van der Waals surface area contributed by atoms with Crippen molar-refractivity contribution in [3.63, 3.8) is 0 Å². The molecule has 2 atom stereocenters. The third kappa shape index (κ3) is 4.23. The van der Waals surface area contributed by atoms with Crippen molar-refractivity contribution in [2.75, 3.05) is 0 Å². The quantitative estimate of drug-likeness (QED) is 0.868. The monoisotopic (exact) mass is 271 g/mol. The predicted octanol–water partition coefficient (Wildman–Crippen LogP) is 4.21. The van der Waals surface area contributed by atoms with Gasteiger partial charge >= 0.3 is 6.18 Å². The van der Waals surface area contributed by atoms with Crippen molar-refractivity contribution in [1.29, 1.82) is 0 Å². The lowest BCUT2D eigenvalue weighted by Crippen LogP contribution is -2.38. The fourth-order valence-electron chi connectivity index (χ4n) is 2.76. The molecule has 1 aliphatic rings. The van der Waals surface area contributed by atoms with Gasteiger partial charge < -0.3 is 5.32 Å². The fraction of sp³-hybridized carbons (Fsp3) is 0.600. The zero-order valence-corrected chi connectivity index (χ0v) is 11.1. The summed E-state index contributed by atoms with van der Waals surface area (Å²) < 4.78 is 38.1. The van der Waals surface area contributed by atoms with E-state index in [-0.39, 0.29) is 18.9 Å². The molecule has 1 N–H and O–H groups in total. The lowest BCUT2D eigenvalue weighted by Gasteiger charge is -2.31. The van der Waals surface area contributed by atoms with Crippen LogP contribution in [0.15, 0.2) is 24.3 Å². The molecule has 0 aliphatic heterocycles. The number of hydrogen-bond donors (Lipinski definition) is 1. The maximum Gasteiger partial charge on any atom is 0.391 e. The van der Waals surface area contributed by atoms with E-state index in [2.05, 4.69) is 11.4 Å². The van der Waals surface area contributed by atoms with Crippen LogP contribution >= 0.6 is 0 Å². The third-order valence-corrected chi connectivity index (χ3v) is 3.81. The molecule has 1 aromatic rings. The summed E-state index contributed by atoms with van der Waals surface area (Å²) in [5.41, 5.74) is 2.31. The first-order chi connectivity index (χ1) is 8.95. The second kappa shape index (κ2) is 5.95. The lowest BCUT2D eigenvalue weighted by atomic mass is 9.85. The van der Waals surface area contributed by atoms with E-state index in [9.17, 15) is 13.2 Å². The second-order valence-corrected chi connectivity index (χ2v) is 5.47. The van der Waals surface area contributed by atoms with Gasteiger partial charge in [0.25, 0.3) is 0 Å². The smallest absolute Gasteiger partial charge is 0.310 e. The Labute approximate surface area is 112 Å². The second-order valence-electron chi connectivity index (χ2n) is 5.47. The minimum atomic E-state index is -4.04. The highest BCUT2D eigenvalue weighted by Gasteiger charge is 2.41. The topological polar surface area (TPSA) is 12.0 Å². The van der Waals surface area contributed by atoms with Gasteiger partial charge in [-0.15, -0.1) is 0 Å². The fourth-order valence-corrected chi connectivity index (χ4v) is 2.76. The molecule has 1 fully saturated rings. The van der Waals surface area contributed by atoms with Gasteiger partial charge in [-0.3, -0.25) is 0 Å². The van der Waals surface area contributed by atoms with Gasteiger partial charge in [0.05, 0.1) is 5.92 Å². The molecule has 0 heterocycles. The van der Waals surface area contributed by atoms with Gasteiger partial charge in [-0.05, 0) is 31.7 Å². The van der Waals surface area contributed by atoms with E-state index in [0.29, 0.717) is 13.0 Å². The molecule has 1 saturated carbocycles. The highest BCUT2D eigenvalue weighted by molar-refractivity contribution is 5.22. The first-order valence-electron chi connectivity index (χ1n) is 6.81. The van der Waals surface area contributed by atoms with E-state index in [4.69, 9.17) is 0 Å². The van der Waals surface area contributed by atoms with Crippen LogP contribution in [-0.2, 0) is 6.54 Å². The van der Waals surface area contributed by atoms with Gasteiger partial charge in [0.15, 0.2) is 0 Å². The Morgan fingerprint density at radius 1 is 1.26 bits per heavy atom. The Morgan fingerprint density at radius 2 is 2.05 bits per heavy atom. The molecule has 4 heteroatoms. The van der Waals surface area contributed by atoms with Gasteiger partial charge in [-0.1, -0.05) is 36.2 Å². The molecule has 0 radical (unpaired) electrons. The molecule has 1 nitrogen and oxygen atoms in total. The highest BCUT2D eigenvalue weighted by Crippen LogP contribution is 2.37. The zero-order chi connectivity index (χ0) is 13.9. The van der Waals surface area contributed by atoms with E-state index in [1.807, 2.05) is 25.1 Å². The summed E-state index contributed by atoms with van der Waals surface area (Å²) in [6.07, 6.45) is -2.03. The summed E-state index contributed by atoms with van der Waals surface area (Å²) >= 11 is 0. The number of rotatable bonds is 3. The molecular formula is C15H20F3N. The van der Waals surface area contributed by atoms with Crippen LogP contribution < -0.4 is 5.32 Å². The van der Waals surface area contributed by atoms with E-state index in [1.54, 1.807) is 0 Å². The number of alkyl halides is 3. The first kappa shape index (κ1) is 14.4. The summed E-state index contributed by atoms with van der Waals surface area (Å²) in [4.78, 5) is 0. The summed E-state index contributed by atoms with van der Waals surface area (Å²) in [5, 5.41) is 3.27. The molecule has 19 heavy (non-hydrogen) atoms. The summed E-state index contributed by atoms with van der Waals surface area (Å²) in [5.74, 6) is -1.13. The van der Waals surface area contributed by atoms with Crippen molar-refractivity contribution < 1.29 is 13.2 Å². The van der Waals surface area contributed by atoms with E-state index < -0.39 is 12.1 Å². The van der Waals surface area contributed by atoms with Crippen LogP contribution in [-0.4, -0.2) is 12.2 Å². The Hall–Kier alpha value is -1.03. The van der Waals surface area contributed by atoms with Crippen LogP contribution in [0.25, 0.3) is 0 Å². The van der Waals surface area contributed by atoms with E-state index >= 15 is 0 Å². The Morgan fingerprint density at radius 3 is 2.74 bits per heavy atom. The lowest BCUT2D eigenvalue weighted by molar-refractivity contribution is -0.183. The van der Waals surface area contributed by atoms with Crippen LogP contribution in [0.2, 0.25) is 0 Å². The number of nitrogens with one attached hydrogen (secondary N) is 1. The molecule has 106 valence electrons. The molecule has 0 bridgehead atoms. The van der Waals surface area contributed by atoms with Gasteiger partial charge in [0, 0.05) is 12.6 Å². The largest absolute Gasteiger partial charge is 0.391 e. The van der Waals surface area contributed by atoms with Crippen LogP contribution in [0.5, 0.6) is 0 Å². The van der Waals surface area contributed by atoms with Crippen molar-refractivity contribution in [3.8, 4) is 0 Å². The standard InChI is InChI=1S/C15H20F3N/c1-11-4-2-5-12(8-11)10-19-14-7-3-6-13(9-14)15(16,17)18/h2,4-5,8,13-14,19H,3,6-7,9-10H2,1H3. The zero-order valence-electron chi connectivity index (χ0n) is 11.1. The van der Waals surface area contributed by atoms with Crippen molar-refractivity contribution in [3.05, 3.63) is 35.4 Å². The van der Waals surface area contributed by atoms with Crippen LogP contribution in [0.3, 0.4) is 0 Å². The molecule has 2 rings (SSSR count). The van der Waals surface area contributed by atoms with Crippen molar-refractivity contribution in [2.45, 2.75) is 51.4 Å². The SMILES string of the molecule is Cc1cccc(CNC2CCCC(C(F)(F)F)C2)c1. The molecule has 2 unspecified atom stereocenters. The summed E-state index contributed by atoms with van der Waals surface area (Å²) in [6.45, 7) is 2.67. The van der Waals surface area contributed by atoms with Crippen molar-refractivity contribution >= 4 is 0 Å². The Bertz CT molecular complexity index is 414. The number of aryl methyl sites for hydroxylation is 1. The number of benzene rings is 1. The van der Waals surface area contributed by atoms with Crippen molar-refractivity contribution in [1.82, 2.24) is 5.32 Å². The average molecular weight is 271 g/mol. The van der Waals surface area contributed by atoms with Crippen LogP contribution in [0, 0.1) is 12.8 Å². The Kier molecular flexibility index (Phi) is 4.50. The average Bonchev–Trinajstić information content (AvgIpc) is 2.36. The minimum absolute atomic E-state index is 0.0131. The molecule has 0 aromatic heterocycles. The predicted molar refractivity (Wildman–Crippen MR) is 69.8 cm³/mol. The van der Waals surface area contributed by atoms with E-state index in [0.717, 1.165) is 12.0 Å². The highest BCUT2D eigenvalue weighted by atomic mass is 19.4. The van der Waals surface area contributed by atoms with Gasteiger partial charge in [-0.25, -0.2) is 0 Å². The normalized spacial score (nSPS) is 24.4. The van der Waals surface area contributed by atoms with Crippen molar-refractivity contribution in [2.24, 2.45) is 5.92 Å². The maximum absolute atomic E-state index is 12.7. The first-order valence-corrected chi connectivity index (χ1v) is 6.81. The molecule has 1 aromatic carbocycles. The third-order valence-electron chi connectivity index (χ3n) is 3.81. The molecular weight excluding hydrogens is 251 g/mol. The van der Waals surface area contributed by atoms with Crippen LogP contribution in [0.1, 0.15) is 36.8 Å². The van der Waals surface area contributed by atoms with Gasteiger partial charge in [0.1, 0.15) is 0 Å². The molecule has 0 saturated heterocycles. The Balaban J connectivity index is 1.86. The molecule has 1 aliphatic carbocycles.